The fourth-order valence-corrected chi connectivity index (χ4v) is 1.38. The van der Waals surface area contributed by atoms with E-state index in [1.165, 1.54) is 11.3 Å². The Balaban J connectivity index is 2.84. The third kappa shape index (κ3) is 1.18. The van der Waals surface area contributed by atoms with E-state index in [9.17, 15) is 0 Å². The maximum atomic E-state index is 5.19. The van der Waals surface area contributed by atoms with Crippen LogP contribution >= 0.6 is 23.3 Å². The van der Waals surface area contributed by atoms with E-state index in [0.717, 1.165) is 21.3 Å². The molecule has 0 aliphatic heterocycles. The molecule has 0 atom stereocenters. The average molecular weight is 147 g/mol. The molecule has 0 aliphatic carbocycles. The summed E-state index contributed by atoms with van der Waals surface area (Å²) in [5.74, 6) is 0. The van der Waals surface area contributed by atoms with Crippen LogP contribution in [0.15, 0.2) is 4.34 Å². The number of aryl methyl sites for hydroxylation is 1. The van der Waals surface area contributed by atoms with Crippen LogP contribution in [0.2, 0.25) is 0 Å². The van der Waals surface area contributed by atoms with Crippen LogP contribution in [0, 0.1) is 6.92 Å². The maximum absolute atomic E-state index is 5.19. The van der Waals surface area contributed by atoms with E-state index in [0.29, 0.717) is 0 Å². The summed E-state index contributed by atoms with van der Waals surface area (Å²) >= 11 is 2.64. The molecule has 1 aromatic heterocycles. The molecule has 5 heteroatoms. The highest BCUT2D eigenvalue weighted by Crippen LogP contribution is 2.15. The predicted octanol–water partition coefficient (Wildman–Crippen LogP) is 0.812. The second-order valence-corrected chi connectivity index (χ2v) is 3.27. The van der Waals surface area contributed by atoms with E-state index < -0.39 is 0 Å². The van der Waals surface area contributed by atoms with Gasteiger partial charge in [0.25, 0.3) is 0 Å². The highest BCUT2D eigenvalue weighted by molar-refractivity contribution is 7.98. The molecule has 2 N–H and O–H groups in total. The first-order valence-corrected chi connectivity index (χ1v) is 3.69. The average Bonchev–Trinajstić information content (AvgIpc) is 2.14. The van der Waals surface area contributed by atoms with E-state index in [4.69, 9.17) is 5.14 Å². The summed E-state index contributed by atoms with van der Waals surface area (Å²) in [5.41, 5.74) is 0. The molecule has 0 unspecified atom stereocenters. The Morgan fingerprint density at radius 3 is 2.62 bits per heavy atom. The van der Waals surface area contributed by atoms with E-state index in [1.54, 1.807) is 0 Å². The molecule has 0 amide bonds. The topological polar surface area (TPSA) is 51.8 Å². The summed E-state index contributed by atoms with van der Waals surface area (Å²) in [6.07, 6.45) is 0. The largest absolute Gasteiger partial charge is 0.272 e. The summed E-state index contributed by atoms with van der Waals surface area (Å²) in [6.45, 7) is 1.90. The first-order valence-electron chi connectivity index (χ1n) is 2.00. The molecule has 44 valence electrons. The molecule has 1 heterocycles. The molecule has 0 aromatic carbocycles. The summed E-state index contributed by atoms with van der Waals surface area (Å²) in [4.78, 5) is 0. The molecule has 0 aliphatic rings. The zero-order valence-corrected chi connectivity index (χ0v) is 5.92. The van der Waals surface area contributed by atoms with Crippen molar-refractivity contribution in [1.82, 2.24) is 10.2 Å². The van der Waals surface area contributed by atoms with Crippen LogP contribution in [0.3, 0.4) is 0 Å². The number of hydrogen-bond acceptors (Lipinski definition) is 5. The van der Waals surface area contributed by atoms with Gasteiger partial charge in [0.05, 0.1) is 0 Å². The van der Waals surface area contributed by atoms with Gasteiger partial charge in [0.1, 0.15) is 5.01 Å². The number of aromatic nitrogens is 2. The van der Waals surface area contributed by atoms with Gasteiger partial charge in [-0.15, -0.1) is 10.2 Å². The van der Waals surface area contributed by atoms with Gasteiger partial charge in [0, 0.05) is 0 Å². The lowest BCUT2D eigenvalue weighted by atomic mass is 10.9. The van der Waals surface area contributed by atoms with Crippen molar-refractivity contribution < 1.29 is 0 Å². The van der Waals surface area contributed by atoms with Crippen LogP contribution in [0.4, 0.5) is 0 Å². The Bertz CT molecular complexity index is 173. The lowest BCUT2D eigenvalue weighted by Gasteiger charge is -1.75. The first kappa shape index (κ1) is 6.00. The van der Waals surface area contributed by atoms with Gasteiger partial charge in [-0.05, 0) is 18.9 Å². The van der Waals surface area contributed by atoms with Crippen molar-refractivity contribution >= 4 is 23.3 Å². The monoisotopic (exact) mass is 147 g/mol. The molecular formula is C3H5N3S2. The lowest BCUT2D eigenvalue weighted by Crippen LogP contribution is -1.76. The van der Waals surface area contributed by atoms with Crippen molar-refractivity contribution in [2.45, 2.75) is 11.3 Å². The Hall–Kier alpha value is -0.130. The Morgan fingerprint density at radius 1 is 1.62 bits per heavy atom. The summed E-state index contributed by atoms with van der Waals surface area (Å²) in [6, 6.07) is 0. The molecule has 0 saturated carbocycles. The van der Waals surface area contributed by atoms with Gasteiger partial charge in [-0.3, -0.25) is 5.14 Å². The molecule has 1 aromatic rings. The zero-order valence-electron chi connectivity index (χ0n) is 4.29. The zero-order chi connectivity index (χ0) is 5.98. The van der Waals surface area contributed by atoms with Gasteiger partial charge in [-0.2, -0.15) is 0 Å². The van der Waals surface area contributed by atoms with Gasteiger partial charge in [0.15, 0.2) is 4.34 Å². The number of nitrogens with two attached hydrogens (primary N) is 1. The van der Waals surface area contributed by atoms with Crippen molar-refractivity contribution in [3.05, 3.63) is 5.01 Å². The minimum Gasteiger partial charge on any atom is -0.272 e. The van der Waals surface area contributed by atoms with Crippen molar-refractivity contribution in [3.8, 4) is 0 Å². The highest BCUT2D eigenvalue weighted by atomic mass is 32.2. The fourth-order valence-electron chi connectivity index (χ4n) is 0.326. The van der Waals surface area contributed by atoms with Crippen LogP contribution < -0.4 is 5.14 Å². The van der Waals surface area contributed by atoms with E-state index >= 15 is 0 Å². The number of rotatable bonds is 1. The van der Waals surface area contributed by atoms with Crippen molar-refractivity contribution in [2.24, 2.45) is 5.14 Å². The first-order chi connectivity index (χ1) is 3.83. The van der Waals surface area contributed by atoms with Gasteiger partial charge >= 0.3 is 0 Å². The van der Waals surface area contributed by atoms with E-state index in [-0.39, 0.29) is 0 Å². The lowest BCUT2D eigenvalue weighted by molar-refractivity contribution is 0.984. The molecule has 0 bridgehead atoms. The van der Waals surface area contributed by atoms with E-state index in [1.807, 2.05) is 6.92 Å². The van der Waals surface area contributed by atoms with Crippen LogP contribution in [-0.4, -0.2) is 10.2 Å². The minimum atomic E-state index is 0.822. The minimum absolute atomic E-state index is 0.822. The van der Waals surface area contributed by atoms with Crippen molar-refractivity contribution in [1.29, 1.82) is 0 Å². The summed E-state index contributed by atoms with van der Waals surface area (Å²) < 4.78 is 0.822. The molecule has 0 spiro atoms. The molecular weight excluding hydrogens is 142 g/mol. The molecule has 0 radical (unpaired) electrons. The van der Waals surface area contributed by atoms with Crippen LogP contribution in [-0.2, 0) is 0 Å². The Labute approximate surface area is 55.4 Å². The summed E-state index contributed by atoms with van der Waals surface area (Å²) in [7, 11) is 0. The maximum Gasteiger partial charge on any atom is 0.189 e. The Morgan fingerprint density at radius 2 is 2.38 bits per heavy atom. The highest BCUT2D eigenvalue weighted by Gasteiger charge is 1.94. The number of nitrogens with zero attached hydrogens (tertiary/aromatic N) is 2. The third-order valence-electron chi connectivity index (χ3n) is 0.608. The number of hydrogen-bond donors (Lipinski definition) is 1. The van der Waals surface area contributed by atoms with E-state index in [2.05, 4.69) is 10.2 Å². The smallest absolute Gasteiger partial charge is 0.189 e. The predicted molar refractivity (Wildman–Crippen MR) is 34.7 cm³/mol. The van der Waals surface area contributed by atoms with Gasteiger partial charge in [-0.1, -0.05) is 11.3 Å². The van der Waals surface area contributed by atoms with Gasteiger partial charge in [0.2, 0.25) is 0 Å². The standard InChI is InChI=1S/C3H5N3S2/c1-2-5-6-3(7-2)8-4/h4H2,1H3. The molecule has 0 saturated heterocycles. The SMILES string of the molecule is Cc1nnc(SN)s1. The third-order valence-corrected chi connectivity index (χ3v) is 2.06. The second kappa shape index (κ2) is 2.43. The van der Waals surface area contributed by atoms with Crippen LogP contribution in [0.1, 0.15) is 5.01 Å². The fraction of sp³-hybridized carbons (Fsp3) is 0.333. The van der Waals surface area contributed by atoms with Gasteiger partial charge < -0.3 is 0 Å². The Kier molecular flexibility index (Phi) is 1.82. The van der Waals surface area contributed by atoms with Crippen LogP contribution in [0.5, 0.6) is 0 Å². The van der Waals surface area contributed by atoms with Gasteiger partial charge in [-0.25, -0.2) is 0 Å². The molecule has 8 heavy (non-hydrogen) atoms. The summed E-state index contributed by atoms with van der Waals surface area (Å²) in [5, 5.41) is 13.6. The second-order valence-electron chi connectivity index (χ2n) is 1.20. The van der Waals surface area contributed by atoms with Crippen molar-refractivity contribution in [2.75, 3.05) is 0 Å². The van der Waals surface area contributed by atoms with Crippen molar-refractivity contribution in [3.63, 3.8) is 0 Å². The molecule has 0 fully saturated rings. The normalized spacial score (nSPS) is 9.75. The molecule has 3 nitrogen and oxygen atoms in total. The quantitative estimate of drug-likeness (QED) is 0.597. The molecule has 1 rings (SSSR count). The van der Waals surface area contributed by atoms with Crippen LogP contribution in [0.25, 0.3) is 0 Å².